The van der Waals surface area contributed by atoms with E-state index in [0.717, 1.165) is 0 Å². The summed E-state index contributed by atoms with van der Waals surface area (Å²) in [7, 11) is 0. The fraction of sp³-hybridized carbons (Fsp3) is 0.571. The number of carbonyl (C=O) groups excluding carboxylic acids is 2. The Morgan fingerprint density at radius 2 is 1.33 bits per heavy atom. The van der Waals surface area contributed by atoms with Crippen LogP contribution in [0.4, 0.5) is 0 Å². The number of imidazole rings is 2. The predicted molar refractivity (Wildman–Crippen MR) is 170 cm³/mol. The van der Waals surface area contributed by atoms with Crippen LogP contribution in [0.25, 0.3) is 0 Å². The van der Waals surface area contributed by atoms with E-state index < -0.39 is 59.7 Å². The number of aromatic amines is 2. The summed E-state index contributed by atoms with van der Waals surface area (Å²) < 4.78 is 0. The molecule has 2 aromatic heterocycles. The summed E-state index contributed by atoms with van der Waals surface area (Å²) in [5, 5.41) is 47.1. The van der Waals surface area contributed by atoms with Crippen molar-refractivity contribution >= 4 is 35.5 Å². The number of amides is 2. The van der Waals surface area contributed by atoms with Crippen molar-refractivity contribution in [2.24, 2.45) is 32.9 Å². The molecule has 277 valence electrons. The predicted octanol–water partition coefficient (Wildman–Crippen LogP) is -4.53. The molecule has 0 aliphatic carbocycles. The summed E-state index contributed by atoms with van der Waals surface area (Å²) in [6, 6.07) is -4.30. The van der Waals surface area contributed by atoms with Gasteiger partial charge in [0.1, 0.15) is 18.1 Å². The van der Waals surface area contributed by atoms with E-state index in [0.29, 0.717) is 50.2 Å². The Morgan fingerprint density at radius 1 is 0.755 bits per heavy atom. The zero-order valence-electron chi connectivity index (χ0n) is 26.8. The van der Waals surface area contributed by atoms with Crippen molar-refractivity contribution in [3.8, 4) is 0 Å². The second kappa shape index (κ2) is 25.6. The van der Waals surface area contributed by atoms with Crippen molar-refractivity contribution in [1.29, 1.82) is 0 Å². The summed E-state index contributed by atoms with van der Waals surface area (Å²) in [5.74, 6) is -4.86. The smallest absolute Gasteiger partial charge is 0.861 e. The minimum Gasteiger partial charge on any atom is -0.861 e. The van der Waals surface area contributed by atoms with Crippen LogP contribution in [-0.2, 0) is 49.1 Å². The van der Waals surface area contributed by atoms with Gasteiger partial charge in [-0.3, -0.25) is 19.6 Å². The van der Waals surface area contributed by atoms with E-state index in [4.69, 9.17) is 22.9 Å². The number of carboxylic acids is 2. The number of carboxylic acid groups (broad SMARTS) is 2. The molecule has 1 radical (unpaired) electrons. The van der Waals surface area contributed by atoms with Crippen molar-refractivity contribution in [2.45, 2.75) is 75.5 Å². The van der Waals surface area contributed by atoms with Gasteiger partial charge in [-0.05, 0) is 63.4 Å². The summed E-state index contributed by atoms with van der Waals surface area (Å²) in [6.07, 6.45) is 8.96. The van der Waals surface area contributed by atoms with Gasteiger partial charge in [0.25, 0.3) is 0 Å². The summed E-state index contributed by atoms with van der Waals surface area (Å²) in [4.78, 5) is 67.1. The van der Waals surface area contributed by atoms with Crippen LogP contribution < -0.4 is 43.8 Å². The third-order valence-corrected chi connectivity index (χ3v) is 6.60. The van der Waals surface area contributed by atoms with Gasteiger partial charge < -0.3 is 64.0 Å². The van der Waals surface area contributed by atoms with E-state index in [1.54, 1.807) is 0 Å². The van der Waals surface area contributed by atoms with Gasteiger partial charge in [0, 0.05) is 43.2 Å². The molecule has 0 aromatic carbocycles. The van der Waals surface area contributed by atoms with Crippen LogP contribution in [0.15, 0.2) is 35.0 Å². The second-order valence-electron chi connectivity index (χ2n) is 10.4. The Hall–Kier alpha value is -4.40. The van der Waals surface area contributed by atoms with Gasteiger partial charge in [-0.2, -0.15) is 0 Å². The molecule has 0 saturated carbocycles. The largest absolute Gasteiger partial charge is 2.00 e. The number of hydrogen-bond acceptors (Lipinski definition) is 14. The fourth-order valence-corrected chi connectivity index (χ4v) is 4.09. The number of carbonyl (C=O) groups is 4. The Labute approximate surface area is 293 Å². The molecular weight excluding hydrogens is 696 g/mol. The first-order valence-corrected chi connectivity index (χ1v) is 15.2. The molecule has 20 nitrogen and oxygen atoms in total. The number of unbranched alkanes of at least 4 members (excludes halogenated alkanes) is 2. The maximum Gasteiger partial charge on any atom is 2.00 e. The Bertz CT molecular complexity index is 1290. The number of nitrogens with two attached hydrogens (primary N) is 4. The average Bonchev–Trinajstić information content (AvgIpc) is 3.78. The molecule has 0 spiro atoms. The molecule has 0 bridgehead atoms. The van der Waals surface area contributed by atoms with Crippen LogP contribution in [0.5, 0.6) is 0 Å². The van der Waals surface area contributed by atoms with Crippen molar-refractivity contribution in [3.05, 3.63) is 36.4 Å². The zero-order chi connectivity index (χ0) is 35.9. The molecule has 0 fully saturated rings. The normalized spacial score (nSPS) is 13.9. The molecule has 0 aliphatic heterocycles. The third kappa shape index (κ3) is 18.7. The van der Waals surface area contributed by atoms with Crippen molar-refractivity contribution in [2.75, 3.05) is 26.2 Å². The quantitative estimate of drug-likeness (QED) is 0.0235. The molecule has 2 rings (SSSR count). The van der Waals surface area contributed by atoms with E-state index in [2.05, 4.69) is 40.6 Å². The molecular formula is C28H46CuN12O8. The van der Waals surface area contributed by atoms with E-state index >= 15 is 0 Å². The number of aromatic nitrogens is 4. The van der Waals surface area contributed by atoms with Gasteiger partial charge in [-0.15, -0.1) is 0 Å². The molecule has 49 heavy (non-hydrogen) atoms. The molecule has 2 amide bonds. The maximum atomic E-state index is 12.4. The average molecular weight is 742 g/mol. The summed E-state index contributed by atoms with van der Waals surface area (Å²) >= 11 is 0. The number of nitrogens with zero attached hydrogens (tertiary/aromatic N) is 4. The molecule has 0 saturated heterocycles. The topological polar surface area (TPSA) is 365 Å². The minimum atomic E-state index is -1.20. The SMILES string of the molecule is NCCCCC(N=C([O-])C(Cc1cnc[nH]1)N=C([O-])CN)C(=O)O.NCCCCC(NC(=O)C(Cc1cnc[nH]1)NC(=O)CN)C(=O)O.[Cu+2]. The van der Waals surface area contributed by atoms with E-state index in [-0.39, 0.29) is 55.8 Å². The number of nitrogens with one attached hydrogen (secondary N) is 4. The molecule has 21 heteroatoms. The third-order valence-electron chi connectivity index (χ3n) is 6.60. The van der Waals surface area contributed by atoms with Gasteiger partial charge in [0.05, 0.1) is 25.2 Å². The van der Waals surface area contributed by atoms with Gasteiger partial charge in [-0.25, -0.2) is 19.6 Å². The molecule has 2 heterocycles. The number of aliphatic carboxylic acids is 2. The van der Waals surface area contributed by atoms with Crippen LogP contribution in [0.1, 0.15) is 49.9 Å². The Morgan fingerprint density at radius 3 is 1.80 bits per heavy atom. The summed E-state index contributed by atoms with van der Waals surface area (Å²) in [6.45, 7) is 0.273. The van der Waals surface area contributed by atoms with E-state index in [1.807, 2.05) is 0 Å². The van der Waals surface area contributed by atoms with Crippen LogP contribution in [-0.4, -0.2) is 116 Å². The van der Waals surface area contributed by atoms with Crippen molar-refractivity contribution < 1.29 is 56.7 Å². The molecule has 0 aliphatic rings. The van der Waals surface area contributed by atoms with Gasteiger partial charge in [-0.1, -0.05) is 0 Å². The molecule has 14 N–H and O–H groups in total. The van der Waals surface area contributed by atoms with Crippen molar-refractivity contribution in [3.63, 3.8) is 0 Å². The van der Waals surface area contributed by atoms with Crippen LogP contribution in [0.2, 0.25) is 0 Å². The molecule has 4 atom stereocenters. The molecule has 2 aromatic rings. The van der Waals surface area contributed by atoms with Crippen LogP contribution in [0.3, 0.4) is 0 Å². The maximum absolute atomic E-state index is 12.4. The first-order chi connectivity index (χ1) is 22.9. The number of H-pyrrole nitrogens is 2. The molecule has 4 unspecified atom stereocenters. The first kappa shape index (κ1) is 44.6. The first-order valence-electron chi connectivity index (χ1n) is 15.2. The van der Waals surface area contributed by atoms with Gasteiger partial charge in [0.15, 0.2) is 0 Å². The second-order valence-corrected chi connectivity index (χ2v) is 10.4. The standard InChI is InChI=1S/2C14H24N6O4.Cu/c2*15-4-2-1-3-10(14(23)24)20-13(22)11(19-12(21)6-16)5-9-7-17-8-18-9;/h2*7-8,10-11H,1-6,15-16H2,(H,17,18)(H,19,21)(H,20,22)(H,23,24);/q;;+2/p-2. The van der Waals surface area contributed by atoms with E-state index in [9.17, 15) is 39.6 Å². The minimum absolute atomic E-state index is 0. The zero-order valence-corrected chi connectivity index (χ0v) is 27.8. The Balaban J connectivity index is 0.000000922. The number of rotatable bonds is 22. The number of hydrogen-bond donors (Lipinski definition) is 10. The fourth-order valence-electron chi connectivity index (χ4n) is 4.09. The Kier molecular flexibility index (Phi) is 23.3. The van der Waals surface area contributed by atoms with E-state index in [1.165, 1.54) is 25.0 Å². The van der Waals surface area contributed by atoms with Crippen LogP contribution >= 0.6 is 0 Å². The van der Waals surface area contributed by atoms with Crippen molar-refractivity contribution in [1.82, 2.24) is 30.6 Å². The number of aliphatic imine (C=N–C) groups is 2. The van der Waals surface area contributed by atoms with Gasteiger partial charge >= 0.3 is 29.0 Å². The van der Waals surface area contributed by atoms with Crippen LogP contribution in [0, 0.1) is 0 Å². The monoisotopic (exact) mass is 741 g/mol. The van der Waals surface area contributed by atoms with Gasteiger partial charge in [0.2, 0.25) is 11.8 Å². The summed E-state index contributed by atoms with van der Waals surface area (Å²) in [5.41, 5.74) is 22.4.